The fourth-order valence-electron chi connectivity index (χ4n) is 18.5. The Labute approximate surface area is 532 Å². The van der Waals surface area contributed by atoms with E-state index in [0.29, 0.717) is 51.4 Å². The molecule has 10 fully saturated rings. The minimum atomic E-state index is -2.18. The van der Waals surface area contributed by atoms with Crippen LogP contribution < -0.4 is 0 Å². The zero-order valence-electron chi connectivity index (χ0n) is 53.0. The van der Waals surface area contributed by atoms with Crippen molar-refractivity contribution < 1.29 is 148 Å². The molecule has 6 heterocycles. The maximum Gasteiger partial charge on any atom is 0.315 e. The molecule has 6 aliphatic heterocycles. The number of fused-ring (bicyclic) bond motifs is 7. The quantitative estimate of drug-likeness (QED) is 0.0415. The maximum atomic E-state index is 15.6. The number of allylic oxidation sites excluding steroid dienone is 2. The lowest BCUT2D eigenvalue weighted by molar-refractivity contribution is -0.381. The van der Waals surface area contributed by atoms with Crippen LogP contribution in [0.3, 0.4) is 0 Å². The zero-order chi connectivity index (χ0) is 66.9. The van der Waals surface area contributed by atoms with Crippen molar-refractivity contribution in [3.63, 3.8) is 0 Å². The molecule has 92 heavy (non-hydrogen) atoms. The number of aliphatic hydroxyl groups excluding tert-OH is 16. The van der Waals surface area contributed by atoms with Crippen molar-refractivity contribution >= 4 is 5.97 Å². The number of aliphatic hydroxyl groups is 17. The van der Waals surface area contributed by atoms with Gasteiger partial charge in [0.05, 0.1) is 70.0 Å². The molecule has 11 rings (SSSR count). The molecule has 0 bridgehead atoms. The summed E-state index contributed by atoms with van der Waals surface area (Å²) in [7, 11) is 0. The van der Waals surface area contributed by atoms with E-state index in [-0.39, 0.29) is 29.6 Å². The van der Waals surface area contributed by atoms with E-state index < -0.39 is 245 Å². The van der Waals surface area contributed by atoms with Gasteiger partial charge in [-0.05, 0) is 104 Å². The molecule has 35 atom stereocenters. The molecule has 11 aliphatic rings. The molecule has 35 unspecified atom stereocenters. The van der Waals surface area contributed by atoms with Crippen molar-refractivity contribution in [1.29, 1.82) is 0 Å². The summed E-state index contributed by atoms with van der Waals surface area (Å²) in [5.74, 6) is -1.40. The molecule has 0 aromatic carbocycles. The summed E-state index contributed by atoms with van der Waals surface area (Å²) >= 11 is 0. The number of carbonyl (C=O) groups excluding carboxylic acids is 1. The van der Waals surface area contributed by atoms with Crippen LogP contribution in [0.1, 0.15) is 106 Å². The summed E-state index contributed by atoms with van der Waals surface area (Å²) in [5, 5.41) is 187. The van der Waals surface area contributed by atoms with E-state index >= 15 is 4.79 Å². The predicted molar refractivity (Wildman–Crippen MR) is 305 cm³/mol. The van der Waals surface area contributed by atoms with Crippen LogP contribution in [0.15, 0.2) is 11.6 Å². The van der Waals surface area contributed by atoms with Gasteiger partial charge < -0.3 is 144 Å². The molecule has 0 aromatic rings. The first-order valence-corrected chi connectivity index (χ1v) is 32.5. The number of hydrogen-bond donors (Lipinski definition) is 17. The van der Waals surface area contributed by atoms with Crippen molar-refractivity contribution in [2.45, 2.75) is 272 Å². The van der Waals surface area contributed by atoms with Crippen LogP contribution in [-0.4, -0.2) is 304 Å². The van der Waals surface area contributed by atoms with E-state index in [4.69, 9.17) is 56.8 Å². The van der Waals surface area contributed by atoms with Crippen molar-refractivity contribution in [1.82, 2.24) is 0 Å². The molecule has 17 N–H and O–H groups in total. The SMILES string of the molecule is CC1OC(OC2C(OC(=O)C34CCC(C)(C)CC3C3=CCC5C6(C)CC(O)C(OC7OC(CO)C(O)C(OC8OCC(O)C(O)C8O)C7O)C(C)(CO)C6CCC5(C)C3(C)CC4)OCC(O)C2O)C(O)C(OC2OCC(O)(CO)C2O)C1OC1OCC(O)C(O)C1O. The lowest BCUT2D eigenvalue weighted by Gasteiger charge is -2.72. The number of esters is 1. The molecule has 5 aliphatic carbocycles. The van der Waals surface area contributed by atoms with Gasteiger partial charge in [-0.2, -0.15) is 0 Å². The summed E-state index contributed by atoms with van der Waals surface area (Å²) in [6.07, 6.45) is -35.6. The Morgan fingerprint density at radius 2 is 1.11 bits per heavy atom. The van der Waals surface area contributed by atoms with Crippen LogP contribution in [0, 0.1) is 50.2 Å². The minimum absolute atomic E-state index is 0.0963. The maximum absolute atomic E-state index is 15.6. The van der Waals surface area contributed by atoms with Gasteiger partial charge >= 0.3 is 5.97 Å². The second-order valence-electron chi connectivity index (χ2n) is 30.2. The number of rotatable bonds is 15. The van der Waals surface area contributed by atoms with Gasteiger partial charge in [-0.25, -0.2) is 0 Å². The van der Waals surface area contributed by atoms with Gasteiger partial charge in [0.25, 0.3) is 0 Å². The smallest absolute Gasteiger partial charge is 0.315 e. The highest BCUT2D eigenvalue weighted by Gasteiger charge is 2.72. The van der Waals surface area contributed by atoms with Crippen LogP contribution in [-0.2, 0) is 61.6 Å². The number of ether oxygens (including phenoxy) is 12. The molecule has 4 saturated carbocycles. The molecular formula is C62H100O30. The molecule has 0 spiro atoms. The first-order chi connectivity index (χ1) is 43.2. The average Bonchev–Trinajstić information content (AvgIpc) is 0.734. The van der Waals surface area contributed by atoms with Gasteiger partial charge in [-0.15, -0.1) is 0 Å². The average molecular weight is 1330 g/mol. The van der Waals surface area contributed by atoms with Crippen LogP contribution in [0.25, 0.3) is 0 Å². The molecule has 6 saturated heterocycles. The summed E-state index contributed by atoms with van der Waals surface area (Å²) in [6, 6.07) is 0. The largest absolute Gasteiger partial charge is 0.432 e. The standard InChI is InChI=1S/C62H100O30/c1-25-43(87-49-39(74)35(70)29(67)19-81-49)45(89-54-47(78)62(80,23-65)24-84-54)42(77)51(85-25)90-46-37(72)31(69)21-83-53(46)92-55(79)61-14-12-56(2,3)16-27(61)26-8-9-34-57(4)17-28(66)48(58(5,22-64)33(57)10-11-60(34,7)59(26,6)13-15-61)91-52-41(76)44(38(73)32(18-63)86-52)88-50-40(75)36(71)30(68)20-82-50/h8,25,27-54,63-78,80H,9-24H2,1-7H3. The molecule has 528 valence electrons. The Hall–Kier alpha value is -1.91. The van der Waals surface area contributed by atoms with E-state index in [2.05, 4.69) is 40.7 Å². The van der Waals surface area contributed by atoms with Gasteiger partial charge in [-0.1, -0.05) is 53.2 Å². The highest BCUT2D eigenvalue weighted by molar-refractivity contribution is 5.79. The van der Waals surface area contributed by atoms with E-state index in [1.165, 1.54) is 6.92 Å². The van der Waals surface area contributed by atoms with E-state index in [9.17, 15) is 86.8 Å². The third kappa shape index (κ3) is 11.9. The lowest BCUT2D eigenvalue weighted by Crippen LogP contribution is -2.70. The third-order valence-electron chi connectivity index (χ3n) is 24.3. The molecule has 30 heteroatoms. The fraction of sp³-hybridized carbons (Fsp3) is 0.952. The summed E-state index contributed by atoms with van der Waals surface area (Å²) in [6.45, 7) is 10.2. The van der Waals surface area contributed by atoms with Gasteiger partial charge in [-0.3, -0.25) is 4.79 Å². The minimum Gasteiger partial charge on any atom is -0.432 e. The third-order valence-corrected chi connectivity index (χ3v) is 24.3. The normalized spacial score (nSPS) is 55.3. The van der Waals surface area contributed by atoms with Crippen molar-refractivity contribution in [2.75, 3.05) is 46.2 Å². The van der Waals surface area contributed by atoms with Gasteiger partial charge in [0.2, 0.25) is 6.29 Å². The van der Waals surface area contributed by atoms with Crippen LogP contribution >= 0.6 is 0 Å². The molecule has 0 radical (unpaired) electrons. The van der Waals surface area contributed by atoms with Gasteiger partial charge in [0.15, 0.2) is 37.6 Å². The number of hydrogen-bond acceptors (Lipinski definition) is 30. The van der Waals surface area contributed by atoms with E-state index in [0.717, 1.165) is 5.57 Å². The van der Waals surface area contributed by atoms with Gasteiger partial charge in [0.1, 0.15) is 103 Å². The Kier molecular flexibility index (Phi) is 20.4. The second-order valence-corrected chi connectivity index (χ2v) is 30.2. The van der Waals surface area contributed by atoms with E-state index in [1.807, 2.05) is 6.92 Å². The lowest BCUT2D eigenvalue weighted by atomic mass is 9.33. The first kappa shape index (κ1) is 71.4. The molecule has 0 amide bonds. The first-order valence-electron chi connectivity index (χ1n) is 32.5. The van der Waals surface area contributed by atoms with Gasteiger partial charge in [0, 0.05) is 5.41 Å². The summed E-state index contributed by atoms with van der Waals surface area (Å²) in [5.41, 5.74) is -5.28. The highest BCUT2D eigenvalue weighted by atomic mass is 16.8. The molecule has 30 nitrogen and oxygen atoms in total. The Bertz CT molecular complexity index is 2610. The Morgan fingerprint density at radius 1 is 0.543 bits per heavy atom. The topological polar surface area (TPSA) is 472 Å². The number of carbonyl (C=O) groups is 1. The highest BCUT2D eigenvalue weighted by Crippen LogP contribution is 2.76. The second kappa shape index (κ2) is 26.3. The van der Waals surface area contributed by atoms with E-state index in [1.54, 1.807) is 0 Å². The summed E-state index contributed by atoms with van der Waals surface area (Å²) < 4.78 is 71.7. The van der Waals surface area contributed by atoms with Crippen LogP contribution in [0.2, 0.25) is 0 Å². The van der Waals surface area contributed by atoms with Crippen molar-refractivity contribution in [3.05, 3.63) is 11.6 Å². The van der Waals surface area contributed by atoms with Crippen molar-refractivity contribution in [2.24, 2.45) is 50.2 Å². The zero-order valence-corrected chi connectivity index (χ0v) is 53.0. The summed E-state index contributed by atoms with van der Waals surface area (Å²) in [4.78, 5) is 15.6. The monoisotopic (exact) mass is 1320 g/mol. The van der Waals surface area contributed by atoms with Crippen molar-refractivity contribution in [3.8, 4) is 0 Å². The van der Waals surface area contributed by atoms with Crippen LogP contribution in [0.5, 0.6) is 0 Å². The predicted octanol–water partition coefficient (Wildman–Crippen LogP) is -4.86. The Balaban J connectivity index is 0.828. The molecular weight excluding hydrogens is 1220 g/mol. The fourth-order valence-corrected chi connectivity index (χ4v) is 18.5. The van der Waals surface area contributed by atoms with Crippen LogP contribution in [0.4, 0.5) is 0 Å². The molecule has 0 aromatic heterocycles. The Morgan fingerprint density at radius 3 is 1.72 bits per heavy atom.